The molecular weight excluding hydrogens is 785 g/mol. The normalized spacial score (nSPS) is 27.4. The fourth-order valence-corrected chi connectivity index (χ4v) is 12.1. The second kappa shape index (κ2) is 21.0. The topological polar surface area (TPSA) is 175 Å². The number of carboxylic acids is 2. The van der Waals surface area contributed by atoms with E-state index in [0.717, 1.165) is 114 Å². The van der Waals surface area contributed by atoms with E-state index in [1.165, 1.54) is 36.8 Å². The molecule has 0 radical (unpaired) electrons. The maximum Gasteiger partial charge on any atom is 0.412 e. The van der Waals surface area contributed by atoms with Gasteiger partial charge in [0.15, 0.2) is 0 Å². The van der Waals surface area contributed by atoms with Crippen molar-refractivity contribution in [3.8, 4) is 11.5 Å². The number of carbonyl (C=O) groups is 4. The predicted molar refractivity (Wildman–Crippen MR) is 241 cm³/mol. The van der Waals surface area contributed by atoms with Gasteiger partial charge >= 0.3 is 24.1 Å². The summed E-state index contributed by atoms with van der Waals surface area (Å²) in [4.78, 5) is 49.8. The van der Waals surface area contributed by atoms with Gasteiger partial charge in [-0.1, -0.05) is 64.5 Å². The number of carbonyl (C=O) groups excluding carboxylic acids is 2. The maximum absolute atomic E-state index is 12.6. The van der Waals surface area contributed by atoms with Gasteiger partial charge < -0.3 is 41.0 Å². The average Bonchev–Trinajstić information content (AvgIpc) is 3.23. The van der Waals surface area contributed by atoms with E-state index in [2.05, 4.69) is 35.1 Å². The van der Waals surface area contributed by atoms with E-state index in [9.17, 15) is 29.4 Å². The highest BCUT2D eigenvalue weighted by Gasteiger charge is 2.56. The summed E-state index contributed by atoms with van der Waals surface area (Å²) in [6, 6.07) is 11.7. The standard InChI is InChI=1S/C50H74N4O8/c1-47-23-11-25-49(3,43(55)56)41(47)21-17-35-15-19-37(33-39(35)47)61-45(59)53-31-13-29-51-27-9-7-5-6-8-10-28-52-30-14-32-54-46(60)62-38-20-16-36-18-22-42-48(2,40(36)34-38)24-12-26-50(42,4)44(57)58/h15-16,19-20,33-34,41-42,51-52H,5-14,17-18,21-32H2,1-4H3,(H,53,59)(H,54,60)(H,55,56)(H,57,58)/t41-,42-,47-,48-,49+,50+/m1/s1. The van der Waals surface area contributed by atoms with Crippen LogP contribution in [0.3, 0.4) is 0 Å². The van der Waals surface area contributed by atoms with Gasteiger partial charge in [-0.25, -0.2) is 9.59 Å². The third kappa shape index (κ3) is 10.8. The number of hydrogen-bond acceptors (Lipinski definition) is 8. The van der Waals surface area contributed by atoms with Crippen LogP contribution in [0, 0.1) is 22.7 Å². The first-order chi connectivity index (χ1) is 29.7. The molecule has 12 heteroatoms. The molecule has 0 aliphatic heterocycles. The van der Waals surface area contributed by atoms with Gasteiger partial charge in [-0.15, -0.1) is 0 Å². The number of nitrogens with one attached hydrogen (secondary N) is 4. The van der Waals surface area contributed by atoms with E-state index in [-0.39, 0.29) is 22.7 Å². The minimum absolute atomic E-state index is 0.0554. The molecule has 2 saturated carbocycles. The van der Waals surface area contributed by atoms with E-state index in [1.807, 2.05) is 50.2 Å². The zero-order chi connectivity index (χ0) is 44.4. The Morgan fingerprint density at radius 1 is 0.548 bits per heavy atom. The van der Waals surface area contributed by atoms with Crippen LogP contribution in [0.1, 0.15) is 153 Å². The number of hydrogen-bond donors (Lipinski definition) is 6. The minimum Gasteiger partial charge on any atom is -0.481 e. The van der Waals surface area contributed by atoms with Crippen molar-refractivity contribution in [2.75, 3.05) is 39.3 Å². The van der Waals surface area contributed by atoms with Gasteiger partial charge in [-0.2, -0.15) is 0 Å². The summed E-state index contributed by atoms with van der Waals surface area (Å²) in [5.41, 5.74) is 2.77. The Kier molecular flexibility index (Phi) is 16.0. The lowest BCUT2D eigenvalue weighted by Crippen LogP contribution is -2.52. The van der Waals surface area contributed by atoms with Crippen LogP contribution in [0.4, 0.5) is 9.59 Å². The fourth-order valence-electron chi connectivity index (χ4n) is 12.1. The molecule has 6 atom stereocenters. The van der Waals surface area contributed by atoms with Gasteiger partial charge in [0.2, 0.25) is 0 Å². The van der Waals surface area contributed by atoms with Gasteiger partial charge in [0.25, 0.3) is 0 Å². The third-order valence-electron chi connectivity index (χ3n) is 15.6. The lowest BCUT2D eigenvalue weighted by atomic mass is 9.50. The van der Waals surface area contributed by atoms with Crippen LogP contribution in [0.15, 0.2) is 36.4 Å². The Hall–Kier alpha value is -4.16. The fraction of sp³-hybridized carbons (Fsp3) is 0.680. The van der Waals surface area contributed by atoms with Crippen LogP contribution in [0.25, 0.3) is 0 Å². The number of amides is 2. The minimum atomic E-state index is -0.736. The molecule has 0 unspecified atom stereocenters. The summed E-state index contributed by atoms with van der Waals surface area (Å²) in [6.07, 6.45) is 16.3. The number of fused-ring (bicyclic) bond motifs is 6. The van der Waals surface area contributed by atoms with Crippen LogP contribution in [-0.2, 0) is 33.3 Å². The first-order valence-corrected chi connectivity index (χ1v) is 23.8. The van der Waals surface area contributed by atoms with Gasteiger partial charge in [-0.3, -0.25) is 9.59 Å². The van der Waals surface area contributed by atoms with Crippen molar-refractivity contribution in [2.45, 2.75) is 154 Å². The number of aliphatic carboxylic acids is 2. The summed E-state index contributed by atoms with van der Waals surface area (Å²) in [7, 11) is 0. The van der Waals surface area contributed by atoms with Crippen LogP contribution in [0.2, 0.25) is 0 Å². The van der Waals surface area contributed by atoms with Crippen LogP contribution >= 0.6 is 0 Å². The Labute approximate surface area is 369 Å². The lowest BCUT2D eigenvalue weighted by Gasteiger charge is -2.53. The molecule has 0 spiro atoms. The zero-order valence-corrected chi connectivity index (χ0v) is 37.9. The molecule has 4 aliphatic carbocycles. The van der Waals surface area contributed by atoms with Gasteiger partial charge in [0, 0.05) is 13.1 Å². The molecule has 4 aliphatic rings. The Morgan fingerprint density at radius 2 is 0.935 bits per heavy atom. The van der Waals surface area contributed by atoms with Crippen molar-refractivity contribution in [3.05, 3.63) is 58.7 Å². The summed E-state index contributed by atoms with van der Waals surface area (Å²) in [5, 5.41) is 32.9. The number of rotatable bonds is 21. The molecule has 2 aromatic rings. The van der Waals surface area contributed by atoms with E-state index < -0.39 is 35.0 Å². The number of unbranched alkanes of at least 4 members (excludes halogenated alkanes) is 5. The first kappa shape index (κ1) is 47.3. The smallest absolute Gasteiger partial charge is 0.412 e. The summed E-state index contributed by atoms with van der Waals surface area (Å²) >= 11 is 0. The van der Waals surface area contributed by atoms with Crippen molar-refractivity contribution in [1.29, 1.82) is 0 Å². The van der Waals surface area contributed by atoms with Gasteiger partial charge in [-0.05, 0) is 186 Å². The molecule has 2 aromatic carbocycles. The Bertz CT molecular complexity index is 1750. The first-order valence-electron chi connectivity index (χ1n) is 23.8. The predicted octanol–water partition coefficient (Wildman–Crippen LogP) is 9.05. The van der Waals surface area contributed by atoms with Crippen molar-refractivity contribution in [3.63, 3.8) is 0 Å². The molecule has 12 nitrogen and oxygen atoms in total. The molecule has 2 fully saturated rings. The molecule has 2 amide bonds. The van der Waals surface area contributed by atoms with Crippen molar-refractivity contribution in [1.82, 2.24) is 21.3 Å². The molecule has 62 heavy (non-hydrogen) atoms. The van der Waals surface area contributed by atoms with Crippen LogP contribution < -0.4 is 30.7 Å². The molecule has 342 valence electrons. The second-order valence-electron chi connectivity index (χ2n) is 19.8. The molecular formula is C50H74N4O8. The highest BCUT2D eigenvalue weighted by molar-refractivity contribution is 5.76. The zero-order valence-electron chi connectivity index (χ0n) is 37.9. The monoisotopic (exact) mass is 859 g/mol. The Balaban J connectivity index is 0.740. The number of aryl methyl sites for hydroxylation is 2. The molecule has 0 bridgehead atoms. The largest absolute Gasteiger partial charge is 0.481 e. The highest BCUT2D eigenvalue weighted by atomic mass is 16.6. The van der Waals surface area contributed by atoms with Crippen molar-refractivity contribution >= 4 is 24.1 Å². The lowest BCUT2D eigenvalue weighted by molar-refractivity contribution is -0.158. The summed E-state index contributed by atoms with van der Waals surface area (Å²) < 4.78 is 11.3. The number of ether oxygens (including phenoxy) is 2. The quantitative estimate of drug-likeness (QED) is 0.0665. The Morgan fingerprint density at radius 3 is 1.34 bits per heavy atom. The molecule has 6 N–H and O–H groups in total. The molecule has 6 rings (SSSR count). The summed E-state index contributed by atoms with van der Waals surface area (Å²) in [6.45, 7) is 12.9. The van der Waals surface area contributed by atoms with E-state index in [4.69, 9.17) is 9.47 Å². The highest BCUT2D eigenvalue weighted by Crippen LogP contribution is 2.59. The van der Waals surface area contributed by atoms with Crippen LogP contribution in [-0.4, -0.2) is 73.6 Å². The van der Waals surface area contributed by atoms with E-state index in [0.29, 0.717) is 37.4 Å². The maximum atomic E-state index is 12.6. The number of carboxylic acid groups (broad SMARTS) is 2. The molecule has 0 saturated heterocycles. The van der Waals surface area contributed by atoms with Crippen molar-refractivity contribution in [2.24, 2.45) is 22.7 Å². The third-order valence-corrected chi connectivity index (χ3v) is 15.6. The number of benzene rings is 2. The summed E-state index contributed by atoms with van der Waals surface area (Å²) in [5.74, 6) is -0.283. The van der Waals surface area contributed by atoms with E-state index in [1.54, 1.807) is 0 Å². The van der Waals surface area contributed by atoms with Crippen molar-refractivity contribution < 1.29 is 38.9 Å². The average molecular weight is 859 g/mol. The van der Waals surface area contributed by atoms with E-state index >= 15 is 0 Å². The van der Waals surface area contributed by atoms with Gasteiger partial charge in [0.1, 0.15) is 11.5 Å². The SMILES string of the molecule is C[C@]1(C(=O)O)CCC[C@]2(C)c3cc(OC(=O)NCCCNCCCCCCCCNCCCNC(=O)Oc4ccc5c(c4)[C@@]4(C)CCC[C@](C)(C(=O)O)[C@@H]4CC5)ccc3CC[C@@H]12. The van der Waals surface area contributed by atoms with Crippen LogP contribution in [0.5, 0.6) is 11.5 Å². The van der Waals surface area contributed by atoms with Gasteiger partial charge in [0.05, 0.1) is 10.8 Å². The second-order valence-corrected chi connectivity index (χ2v) is 19.8. The molecule has 0 heterocycles. The molecule has 0 aromatic heterocycles.